The van der Waals surface area contributed by atoms with Crippen LogP contribution < -0.4 is 5.56 Å². The van der Waals surface area contributed by atoms with Crippen molar-refractivity contribution in [2.24, 2.45) is 0 Å². The summed E-state index contributed by atoms with van der Waals surface area (Å²) < 4.78 is 2.34. The van der Waals surface area contributed by atoms with Crippen LogP contribution in [0.1, 0.15) is 16.1 Å². The van der Waals surface area contributed by atoms with Gasteiger partial charge < -0.3 is 0 Å². The van der Waals surface area contributed by atoms with Crippen LogP contribution in [-0.2, 0) is 6.61 Å². The Labute approximate surface area is 124 Å². The van der Waals surface area contributed by atoms with Gasteiger partial charge in [-0.15, -0.1) is 0 Å². The molecule has 2 heterocycles. The second-order valence-electron chi connectivity index (χ2n) is 4.18. The summed E-state index contributed by atoms with van der Waals surface area (Å²) in [5.74, 6) is -1.10. The molecule has 0 unspecified atom stereocenters. The maximum atomic E-state index is 12.3. The monoisotopic (exact) mass is 351 g/mol. The minimum atomic E-state index is -1.22. The van der Waals surface area contributed by atoms with Crippen LogP contribution in [0, 0.1) is 0 Å². The molecule has 7 nitrogen and oxygen atoms in total. The minimum absolute atomic E-state index is 0.00736. The number of rotatable bonds is 3. The number of benzene rings is 1. The number of aromatic nitrogens is 3. The summed E-state index contributed by atoms with van der Waals surface area (Å²) in [6.07, 6.45) is 1.11. The second-order valence-corrected chi connectivity index (χ2v) is 6.25. The third kappa shape index (κ3) is 2.29. The predicted octanol–water partition coefficient (Wildman–Crippen LogP) is 0.0282. The van der Waals surface area contributed by atoms with Gasteiger partial charge in [-0.05, 0) is 0 Å². The van der Waals surface area contributed by atoms with Crippen LogP contribution in [0.3, 0.4) is 0 Å². The number of aromatic carboxylic acids is 1. The van der Waals surface area contributed by atoms with E-state index in [0.29, 0.717) is 5.39 Å². The van der Waals surface area contributed by atoms with Crippen molar-refractivity contribution >= 4 is 30.3 Å². The van der Waals surface area contributed by atoms with Crippen LogP contribution in [-0.4, -0.2) is 44.4 Å². The molecule has 8 heteroatoms. The first-order chi connectivity index (χ1) is 10.1. The van der Waals surface area contributed by atoms with Crippen molar-refractivity contribution in [2.75, 3.05) is 0 Å². The molecule has 3 aromatic rings. The molecular formula is C13H9N3O4Se. The van der Waals surface area contributed by atoms with Crippen LogP contribution in [0.2, 0.25) is 0 Å². The van der Waals surface area contributed by atoms with Gasteiger partial charge in [0, 0.05) is 0 Å². The number of fused-ring (bicyclic) bond motifs is 1. The molecule has 0 radical (unpaired) electrons. The number of hydrogen-bond donors (Lipinski definition) is 2. The topological polar surface area (TPSA) is 105 Å². The number of nitrogens with zero attached hydrogens (tertiary/aromatic N) is 3. The quantitative estimate of drug-likeness (QED) is 0.646. The predicted molar refractivity (Wildman–Crippen MR) is 75.0 cm³/mol. The molecule has 0 fully saturated rings. The van der Waals surface area contributed by atoms with E-state index in [1.807, 2.05) is 12.1 Å². The molecule has 0 aliphatic rings. The Morgan fingerprint density at radius 3 is 2.76 bits per heavy atom. The van der Waals surface area contributed by atoms with Crippen molar-refractivity contribution in [3.63, 3.8) is 0 Å². The standard InChI is InChI=1S/C13H9N3O4Se/c17-6-9-8(12(19)20)5-14-13(15-9)16-11(18)7-3-1-2-4-10(7)21-16/h1-5,17H,6H2,(H,19,20). The van der Waals surface area contributed by atoms with Crippen molar-refractivity contribution in [1.82, 2.24) is 13.5 Å². The van der Waals surface area contributed by atoms with Crippen LogP contribution in [0.25, 0.3) is 15.6 Å². The average Bonchev–Trinajstić information content (AvgIpc) is 2.84. The summed E-state index contributed by atoms with van der Waals surface area (Å²) in [5, 5.41) is 18.8. The van der Waals surface area contributed by atoms with E-state index < -0.39 is 12.6 Å². The fourth-order valence-electron chi connectivity index (χ4n) is 1.91. The second kappa shape index (κ2) is 5.25. The summed E-state index contributed by atoms with van der Waals surface area (Å²) in [7, 11) is 0. The van der Waals surface area contributed by atoms with Gasteiger partial charge in [-0.3, -0.25) is 0 Å². The fourth-order valence-corrected chi connectivity index (χ4v) is 3.88. The van der Waals surface area contributed by atoms with Gasteiger partial charge in [-0.25, -0.2) is 0 Å². The van der Waals surface area contributed by atoms with Crippen molar-refractivity contribution < 1.29 is 15.0 Å². The van der Waals surface area contributed by atoms with E-state index in [0.717, 1.165) is 10.5 Å². The average molecular weight is 350 g/mol. The fraction of sp³-hybridized carbons (Fsp3) is 0.0769. The van der Waals surface area contributed by atoms with Gasteiger partial charge in [-0.2, -0.15) is 0 Å². The van der Waals surface area contributed by atoms with Crippen molar-refractivity contribution in [3.8, 4) is 5.95 Å². The van der Waals surface area contributed by atoms with E-state index in [-0.39, 0.29) is 37.5 Å². The molecule has 0 saturated carbocycles. The third-order valence-corrected chi connectivity index (χ3v) is 5.14. The van der Waals surface area contributed by atoms with Crippen LogP contribution in [0.4, 0.5) is 0 Å². The molecule has 21 heavy (non-hydrogen) atoms. The first kappa shape index (κ1) is 13.7. The molecule has 2 aromatic heterocycles. The Bertz CT molecular complexity index is 900. The molecule has 0 aliphatic carbocycles. The van der Waals surface area contributed by atoms with E-state index in [9.17, 15) is 14.7 Å². The molecule has 0 bridgehead atoms. The zero-order valence-corrected chi connectivity index (χ0v) is 12.3. The van der Waals surface area contributed by atoms with Crippen molar-refractivity contribution in [2.45, 2.75) is 6.61 Å². The Hall–Kier alpha value is -2.28. The Morgan fingerprint density at radius 1 is 1.33 bits per heavy atom. The van der Waals surface area contributed by atoms with Crippen LogP contribution >= 0.6 is 0 Å². The zero-order chi connectivity index (χ0) is 15.0. The van der Waals surface area contributed by atoms with Gasteiger partial charge in [0.1, 0.15) is 0 Å². The van der Waals surface area contributed by atoms with Crippen LogP contribution in [0.15, 0.2) is 35.3 Å². The molecule has 0 saturated heterocycles. The number of carbonyl (C=O) groups is 1. The van der Waals surface area contributed by atoms with Gasteiger partial charge in [-0.1, -0.05) is 0 Å². The van der Waals surface area contributed by atoms with Gasteiger partial charge in [0.25, 0.3) is 0 Å². The first-order valence-electron chi connectivity index (χ1n) is 5.93. The number of carboxylic acid groups (broad SMARTS) is 1. The summed E-state index contributed by atoms with van der Waals surface area (Å²) >= 11 is -0.300. The summed E-state index contributed by atoms with van der Waals surface area (Å²) in [4.78, 5) is 31.2. The third-order valence-electron chi connectivity index (χ3n) is 2.91. The van der Waals surface area contributed by atoms with Gasteiger partial charge >= 0.3 is 124 Å². The van der Waals surface area contributed by atoms with Gasteiger partial charge in [0.15, 0.2) is 0 Å². The molecule has 0 spiro atoms. The molecule has 2 N–H and O–H groups in total. The van der Waals surface area contributed by atoms with Crippen molar-refractivity contribution in [1.29, 1.82) is 0 Å². The van der Waals surface area contributed by atoms with Gasteiger partial charge in [0.2, 0.25) is 0 Å². The van der Waals surface area contributed by atoms with E-state index in [2.05, 4.69) is 9.97 Å². The normalized spacial score (nSPS) is 10.9. The number of aliphatic hydroxyl groups excluding tert-OH is 1. The SMILES string of the molecule is O=C(O)c1cnc(-n2[se]c3ccccc3c2=O)nc1CO. The van der Waals surface area contributed by atoms with Crippen LogP contribution in [0.5, 0.6) is 0 Å². The number of carboxylic acids is 1. The molecule has 106 valence electrons. The van der Waals surface area contributed by atoms with Gasteiger partial charge in [0.05, 0.1) is 0 Å². The number of aliphatic hydroxyl groups is 1. The molecule has 3 rings (SSSR count). The van der Waals surface area contributed by atoms with E-state index >= 15 is 0 Å². The summed E-state index contributed by atoms with van der Waals surface area (Å²) in [6.45, 7) is -0.529. The molecule has 1 aromatic carbocycles. The molecule has 0 amide bonds. The van der Waals surface area contributed by atoms with Crippen molar-refractivity contribution in [3.05, 3.63) is 52.1 Å². The first-order valence-corrected chi connectivity index (χ1v) is 7.55. The summed E-state index contributed by atoms with van der Waals surface area (Å²) in [5.41, 5.74) is -0.387. The molecule has 0 aliphatic heterocycles. The molecule has 0 atom stereocenters. The number of hydrogen-bond acceptors (Lipinski definition) is 5. The Kier molecular flexibility index (Phi) is 3.42. The Morgan fingerprint density at radius 2 is 2.10 bits per heavy atom. The zero-order valence-electron chi connectivity index (χ0n) is 10.6. The van der Waals surface area contributed by atoms with E-state index in [1.165, 1.54) is 3.56 Å². The van der Waals surface area contributed by atoms with E-state index in [1.54, 1.807) is 12.1 Å². The maximum absolute atomic E-state index is 12.3. The Balaban J connectivity index is 2.21. The van der Waals surface area contributed by atoms with E-state index in [4.69, 9.17) is 5.11 Å². The summed E-state index contributed by atoms with van der Waals surface area (Å²) in [6, 6.07) is 7.23. The molecular weight excluding hydrogens is 341 g/mol.